The zero-order valence-corrected chi connectivity index (χ0v) is 9.32. The Balaban J connectivity index is 2.21. The molecule has 0 aromatic heterocycles. The topological polar surface area (TPSA) is 47.9 Å². The van der Waals surface area contributed by atoms with Crippen molar-refractivity contribution in [1.29, 1.82) is 0 Å². The van der Waals surface area contributed by atoms with Gasteiger partial charge in [-0.1, -0.05) is 5.16 Å². The van der Waals surface area contributed by atoms with E-state index in [9.17, 15) is 4.79 Å². The van der Waals surface area contributed by atoms with E-state index < -0.39 is 5.97 Å². The molecule has 0 N–H and O–H groups in total. The summed E-state index contributed by atoms with van der Waals surface area (Å²) in [6.45, 7) is 3.87. The molecule has 0 fully saturated rings. The van der Waals surface area contributed by atoms with Crippen LogP contribution in [0, 0.1) is 0 Å². The van der Waals surface area contributed by atoms with Gasteiger partial charge in [-0.3, -0.25) is 0 Å². The van der Waals surface area contributed by atoms with Gasteiger partial charge in [0.25, 0.3) is 0 Å². The number of benzene rings is 1. The van der Waals surface area contributed by atoms with E-state index in [2.05, 4.69) is 9.99 Å². The van der Waals surface area contributed by atoms with Gasteiger partial charge in [-0.25, -0.2) is 4.79 Å². The van der Waals surface area contributed by atoms with Crippen LogP contribution in [-0.2, 0) is 16.1 Å². The Hall–Kier alpha value is -1.84. The third-order valence-electron chi connectivity index (χ3n) is 2.42. The summed E-state index contributed by atoms with van der Waals surface area (Å²) in [5.41, 5.74) is 2.81. The van der Waals surface area contributed by atoms with Gasteiger partial charge in [0, 0.05) is 13.3 Å². The normalized spacial score (nSPS) is 14.2. The molecule has 2 rings (SSSR count). The molecule has 0 atom stereocenters. The molecule has 0 amide bonds. The molecular formula is C12H13NO3. The Morgan fingerprint density at radius 3 is 3.00 bits per heavy atom. The van der Waals surface area contributed by atoms with Crippen molar-refractivity contribution < 1.29 is 14.4 Å². The van der Waals surface area contributed by atoms with Gasteiger partial charge in [0.05, 0.1) is 12.3 Å². The first kappa shape index (κ1) is 10.7. The number of rotatable bonds is 2. The minimum absolute atomic E-state index is 0.413. The number of carbonyl (C=O) groups is 1. The van der Waals surface area contributed by atoms with Crippen molar-refractivity contribution in [3.63, 3.8) is 0 Å². The number of hydrogen-bond acceptors (Lipinski definition) is 4. The molecule has 1 aliphatic rings. The summed E-state index contributed by atoms with van der Waals surface area (Å²) in [5.74, 6) is 0.521. The first-order valence-electron chi connectivity index (χ1n) is 5.15. The van der Waals surface area contributed by atoms with Crippen molar-refractivity contribution in [3.05, 3.63) is 29.3 Å². The van der Waals surface area contributed by atoms with Crippen LogP contribution in [0.4, 0.5) is 0 Å². The van der Waals surface area contributed by atoms with Crippen LogP contribution in [0.2, 0.25) is 0 Å². The predicted octanol–water partition coefficient (Wildman–Crippen LogP) is 1.91. The van der Waals surface area contributed by atoms with Crippen molar-refractivity contribution in [2.24, 2.45) is 5.16 Å². The minimum atomic E-state index is -0.413. The van der Waals surface area contributed by atoms with Crippen LogP contribution in [-0.4, -0.2) is 18.3 Å². The summed E-state index contributed by atoms with van der Waals surface area (Å²) in [6, 6.07) is 5.85. The number of nitrogens with zero attached hydrogens (tertiary/aromatic N) is 1. The summed E-state index contributed by atoms with van der Waals surface area (Å²) < 4.78 is 5.41. The molecule has 1 aromatic carbocycles. The van der Waals surface area contributed by atoms with Crippen LogP contribution in [0.1, 0.15) is 25.0 Å². The predicted molar refractivity (Wildman–Crippen MR) is 59.6 cm³/mol. The molecule has 4 nitrogen and oxygen atoms in total. The Morgan fingerprint density at radius 2 is 2.25 bits per heavy atom. The molecule has 84 valence electrons. The van der Waals surface area contributed by atoms with Crippen LogP contribution in [0.25, 0.3) is 0 Å². The van der Waals surface area contributed by atoms with Gasteiger partial charge in [0.2, 0.25) is 0 Å². The number of ether oxygens (including phenoxy) is 1. The van der Waals surface area contributed by atoms with E-state index >= 15 is 0 Å². The lowest BCUT2D eigenvalue weighted by Gasteiger charge is -2.03. The van der Waals surface area contributed by atoms with Crippen LogP contribution in [0.5, 0.6) is 5.75 Å². The van der Waals surface area contributed by atoms with E-state index in [0.717, 1.165) is 24.3 Å². The average molecular weight is 219 g/mol. The fraction of sp³-hybridized carbons (Fsp3) is 0.333. The lowest BCUT2D eigenvalue weighted by atomic mass is 10.1. The lowest BCUT2D eigenvalue weighted by Crippen LogP contribution is -1.99. The molecule has 1 aromatic rings. The zero-order chi connectivity index (χ0) is 11.5. The first-order chi connectivity index (χ1) is 7.66. The van der Waals surface area contributed by atoms with Gasteiger partial charge in [0.1, 0.15) is 5.75 Å². The summed E-state index contributed by atoms with van der Waals surface area (Å²) in [4.78, 5) is 15.2. The van der Waals surface area contributed by atoms with Crippen LogP contribution >= 0.6 is 0 Å². The highest BCUT2D eigenvalue weighted by Crippen LogP contribution is 2.26. The SMILES string of the molecule is CC(=O)O/N=C(/C)c1ccc2c(c1)CCO2. The number of fused-ring (bicyclic) bond motifs is 1. The third kappa shape index (κ3) is 2.21. The maximum absolute atomic E-state index is 10.6. The fourth-order valence-corrected chi connectivity index (χ4v) is 1.60. The van der Waals surface area contributed by atoms with Crippen molar-refractivity contribution in [2.45, 2.75) is 20.3 Å². The Bertz CT molecular complexity index is 452. The molecule has 1 heterocycles. The van der Waals surface area contributed by atoms with Gasteiger partial charge in [-0.15, -0.1) is 0 Å². The van der Waals surface area contributed by atoms with E-state index in [0.29, 0.717) is 5.71 Å². The second-order valence-electron chi connectivity index (χ2n) is 3.68. The molecule has 0 unspecified atom stereocenters. The van der Waals surface area contributed by atoms with E-state index in [1.54, 1.807) is 6.92 Å². The quantitative estimate of drug-likeness (QED) is 0.433. The second kappa shape index (κ2) is 4.35. The second-order valence-corrected chi connectivity index (χ2v) is 3.68. The molecule has 0 saturated heterocycles. The first-order valence-corrected chi connectivity index (χ1v) is 5.15. The molecule has 16 heavy (non-hydrogen) atoms. The van der Waals surface area contributed by atoms with Crippen molar-refractivity contribution in [2.75, 3.05) is 6.61 Å². The Morgan fingerprint density at radius 1 is 1.44 bits per heavy atom. The summed E-state index contributed by atoms with van der Waals surface area (Å²) in [5, 5.41) is 3.75. The molecule has 0 aliphatic carbocycles. The molecule has 0 bridgehead atoms. The molecule has 0 radical (unpaired) electrons. The Labute approximate surface area is 93.9 Å². The van der Waals surface area contributed by atoms with E-state index in [4.69, 9.17) is 4.74 Å². The number of carbonyl (C=O) groups excluding carboxylic acids is 1. The average Bonchev–Trinajstić information content (AvgIpc) is 2.72. The molecule has 0 saturated carbocycles. The molecule has 0 spiro atoms. The van der Waals surface area contributed by atoms with E-state index in [1.165, 1.54) is 12.5 Å². The van der Waals surface area contributed by atoms with Gasteiger partial charge in [0.15, 0.2) is 0 Å². The van der Waals surface area contributed by atoms with Crippen molar-refractivity contribution in [3.8, 4) is 5.75 Å². The van der Waals surface area contributed by atoms with Crippen molar-refractivity contribution in [1.82, 2.24) is 0 Å². The lowest BCUT2D eigenvalue weighted by molar-refractivity contribution is -0.140. The summed E-state index contributed by atoms with van der Waals surface area (Å²) >= 11 is 0. The van der Waals surface area contributed by atoms with Gasteiger partial charge in [-0.05, 0) is 36.2 Å². The Kier molecular flexibility index (Phi) is 2.90. The number of hydrogen-bond donors (Lipinski definition) is 0. The molecule has 1 aliphatic heterocycles. The van der Waals surface area contributed by atoms with Gasteiger partial charge >= 0.3 is 5.97 Å². The molecular weight excluding hydrogens is 206 g/mol. The highest BCUT2D eigenvalue weighted by atomic mass is 16.7. The van der Waals surface area contributed by atoms with Gasteiger partial charge < -0.3 is 9.57 Å². The summed E-state index contributed by atoms with van der Waals surface area (Å²) in [7, 11) is 0. The minimum Gasteiger partial charge on any atom is -0.493 e. The van der Waals surface area contributed by atoms with Crippen LogP contribution in [0.3, 0.4) is 0 Å². The maximum atomic E-state index is 10.6. The van der Waals surface area contributed by atoms with Crippen LogP contribution < -0.4 is 4.74 Å². The van der Waals surface area contributed by atoms with Gasteiger partial charge in [-0.2, -0.15) is 0 Å². The monoisotopic (exact) mass is 219 g/mol. The zero-order valence-electron chi connectivity index (χ0n) is 9.32. The maximum Gasteiger partial charge on any atom is 0.331 e. The molecule has 4 heteroatoms. The standard InChI is InChI=1S/C12H13NO3/c1-8(13-16-9(2)14)10-3-4-12-11(7-10)5-6-15-12/h3-4,7H,5-6H2,1-2H3/b13-8-. The summed E-state index contributed by atoms with van der Waals surface area (Å²) in [6.07, 6.45) is 0.921. The largest absolute Gasteiger partial charge is 0.493 e. The number of oxime groups is 1. The fourth-order valence-electron chi connectivity index (χ4n) is 1.60. The third-order valence-corrected chi connectivity index (χ3v) is 2.42. The van der Waals surface area contributed by atoms with E-state index in [-0.39, 0.29) is 0 Å². The van der Waals surface area contributed by atoms with E-state index in [1.807, 2.05) is 18.2 Å². The highest BCUT2D eigenvalue weighted by molar-refractivity contribution is 5.99. The highest BCUT2D eigenvalue weighted by Gasteiger charge is 2.12. The van der Waals surface area contributed by atoms with Crippen molar-refractivity contribution >= 4 is 11.7 Å². The van der Waals surface area contributed by atoms with Crippen LogP contribution in [0.15, 0.2) is 23.4 Å². The smallest absolute Gasteiger partial charge is 0.331 e.